The van der Waals surface area contributed by atoms with Crippen LogP contribution >= 0.6 is 0 Å². The van der Waals surface area contributed by atoms with E-state index in [-0.39, 0.29) is 0 Å². The Hall–Kier alpha value is -1.11. The standard InChI is InChI=1S/C14H17N/c1-10-5-6-12(10)13-4-2-3-11-7-8-15-9-14(11)13/h3,7-10,12H,2,4-6H2,1H3. The van der Waals surface area contributed by atoms with Gasteiger partial charge in [-0.1, -0.05) is 18.6 Å². The van der Waals surface area contributed by atoms with Crippen LogP contribution in [-0.2, 0) is 0 Å². The predicted octanol–water partition coefficient (Wildman–Crippen LogP) is 1.85. The molecule has 0 radical (unpaired) electrons. The Kier molecular flexibility index (Phi) is 2.12. The summed E-state index contributed by atoms with van der Waals surface area (Å²) >= 11 is 0. The number of rotatable bonds is 1. The van der Waals surface area contributed by atoms with Gasteiger partial charge in [-0.05, 0) is 54.0 Å². The highest BCUT2D eigenvalue weighted by atomic mass is 14.6. The van der Waals surface area contributed by atoms with Crippen LogP contribution in [0.4, 0.5) is 0 Å². The summed E-state index contributed by atoms with van der Waals surface area (Å²) in [6.07, 6.45) is 11.6. The third kappa shape index (κ3) is 1.41. The van der Waals surface area contributed by atoms with Crippen molar-refractivity contribution in [3.63, 3.8) is 0 Å². The van der Waals surface area contributed by atoms with E-state index in [1.54, 1.807) is 5.57 Å². The second-order valence-corrected chi connectivity index (χ2v) is 4.89. The van der Waals surface area contributed by atoms with Crippen LogP contribution < -0.4 is 10.4 Å². The molecule has 2 aliphatic carbocycles. The number of fused-ring (bicyclic) bond motifs is 1. The molecule has 1 aromatic rings. The minimum atomic E-state index is 0.849. The summed E-state index contributed by atoms with van der Waals surface area (Å²) in [5.41, 5.74) is 1.68. The molecule has 1 heteroatoms. The molecular formula is C14H17N. The monoisotopic (exact) mass is 199 g/mol. The van der Waals surface area contributed by atoms with Crippen LogP contribution in [-0.4, -0.2) is 4.98 Å². The summed E-state index contributed by atoms with van der Waals surface area (Å²) in [5.74, 6) is 1.74. The molecule has 1 nitrogen and oxygen atoms in total. The lowest BCUT2D eigenvalue weighted by molar-refractivity contribution is 0.256. The van der Waals surface area contributed by atoms with Gasteiger partial charge in [-0.15, -0.1) is 0 Å². The largest absolute Gasteiger partial charge is 0.264 e. The van der Waals surface area contributed by atoms with Gasteiger partial charge in [0.1, 0.15) is 0 Å². The van der Waals surface area contributed by atoms with Crippen molar-refractivity contribution < 1.29 is 0 Å². The Morgan fingerprint density at radius 2 is 2.27 bits per heavy atom. The topological polar surface area (TPSA) is 12.9 Å². The SMILES string of the molecule is CC1CCC1C1=c2cnccc2=CCC1. The summed E-state index contributed by atoms with van der Waals surface area (Å²) in [6.45, 7) is 2.38. The molecule has 0 aromatic carbocycles. The first-order valence-corrected chi connectivity index (χ1v) is 5.99. The van der Waals surface area contributed by atoms with Crippen LogP contribution in [0.2, 0.25) is 0 Å². The molecule has 0 saturated heterocycles. The Morgan fingerprint density at radius 3 is 3.00 bits per heavy atom. The maximum absolute atomic E-state index is 4.27. The number of pyridine rings is 1. The van der Waals surface area contributed by atoms with Crippen molar-refractivity contribution in [2.24, 2.45) is 11.8 Å². The van der Waals surface area contributed by atoms with Crippen LogP contribution in [0.3, 0.4) is 0 Å². The quantitative estimate of drug-likeness (QED) is 0.672. The van der Waals surface area contributed by atoms with E-state index in [1.165, 1.54) is 36.1 Å². The van der Waals surface area contributed by atoms with Gasteiger partial charge >= 0.3 is 0 Å². The fourth-order valence-electron chi connectivity index (χ4n) is 2.94. The van der Waals surface area contributed by atoms with E-state index in [1.807, 2.05) is 6.20 Å². The normalized spacial score (nSPS) is 29.0. The molecule has 2 atom stereocenters. The van der Waals surface area contributed by atoms with Crippen molar-refractivity contribution in [2.45, 2.75) is 32.6 Å². The van der Waals surface area contributed by atoms with E-state index in [9.17, 15) is 0 Å². The van der Waals surface area contributed by atoms with E-state index < -0.39 is 0 Å². The average Bonchev–Trinajstić information content (AvgIpc) is 2.28. The first-order chi connectivity index (χ1) is 7.36. The summed E-state index contributed by atoms with van der Waals surface area (Å²) in [7, 11) is 0. The maximum atomic E-state index is 4.27. The van der Waals surface area contributed by atoms with Crippen molar-refractivity contribution in [3.8, 4) is 0 Å². The molecule has 0 bridgehead atoms. The smallest absolute Gasteiger partial charge is 0.0345 e. The number of hydrogen-bond donors (Lipinski definition) is 0. The minimum Gasteiger partial charge on any atom is -0.264 e. The van der Waals surface area contributed by atoms with Crippen molar-refractivity contribution in [1.29, 1.82) is 0 Å². The van der Waals surface area contributed by atoms with Crippen molar-refractivity contribution in [2.75, 3.05) is 0 Å². The summed E-state index contributed by atoms with van der Waals surface area (Å²) < 4.78 is 0. The molecule has 1 fully saturated rings. The van der Waals surface area contributed by atoms with Crippen molar-refractivity contribution in [1.82, 2.24) is 4.98 Å². The van der Waals surface area contributed by atoms with Gasteiger partial charge in [-0.25, -0.2) is 0 Å². The van der Waals surface area contributed by atoms with Gasteiger partial charge in [-0.2, -0.15) is 0 Å². The fraction of sp³-hybridized carbons (Fsp3) is 0.500. The lowest BCUT2D eigenvalue weighted by Gasteiger charge is -2.36. The Bertz CT molecular complexity index is 486. The molecule has 15 heavy (non-hydrogen) atoms. The molecule has 0 spiro atoms. The van der Waals surface area contributed by atoms with Crippen molar-refractivity contribution in [3.05, 3.63) is 28.9 Å². The molecule has 3 rings (SSSR count). The molecular weight excluding hydrogens is 182 g/mol. The highest BCUT2D eigenvalue weighted by Crippen LogP contribution is 2.41. The Balaban J connectivity index is 2.18. The van der Waals surface area contributed by atoms with Gasteiger partial charge in [0.05, 0.1) is 0 Å². The molecule has 0 N–H and O–H groups in total. The van der Waals surface area contributed by atoms with Gasteiger partial charge in [0.2, 0.25) is 0 Å². The maximum Gasteiger partial charge on any atom is 0.0345 e. The number of aromatic nitrogens is 1. The van der Waals surface area contributed by atoms with Crippen LogP contribution in [0.5, 0.6) is 0 Å². The van der Waals surface area contributed by atoms with E-state index >= 15 is 0 Å². The van der Waals surface area contributed by atoms with Gasteiger partial charge in [0.15, 0.2) is 0 Å². The first kappa shape index (κ1) is 9.14. The highest BCUT2D eigenvalue weighted by molar-refractivity contribution is 5.53. The van der Waals surface area contributed by atoms with E-state index in [4.69, 9.17) is 0 Å². The summed E-state index contributed by atoms with van der Waals surface area (Å²) in [6, 6.07) is 2.15. The Morgan fingerprint density at radius 1 is 1.33 bits per heavy atom. The summed E-state index contributed by atoms with van der Waals surface area (Å²) in [4.78, 5) is 4.27. The van der Waals surface area contributed by atoms with Crippen LogP contribution in [0, 0.1) is 11.8 Å². The minimum absolute atomic E-state index is 0.849. The van der Waals surface area contributed by atoms with Crippen molar-refractivity contribution >= 4 is 11.6 Å². The van der Waals surface area contributed by atoms with Gasteiger partial charge < -0.3 is 0 Å². The fourth-order valence-corrected chi connectivity index (χ4v) is 2.94. The molecule has 78 valence electrons. The number of nitrogens with zero attached hydrogens (tertiary/aromatic N) is 1. The molecule has 2 unspecified atom stereocenters. The third-order valence-electron chi connectivity index (χ3n) is 4.05. The van der Waals surface area contributed by atoms with E-state index in [0.29, 0.717) is 0 Å². The van der Waals surface area contributed by atoms with Crippen LogP contribution in [0.1, 0.15) is 32.6 Å². The van der Waals surface area contributed by atoms with Crippen LogP contribution in [0.15, 0.2) is 18.5 Å². The predicted molar refractivity (Wildman–Crippen MR) is 62.5 cm³/mol. The third-order valence-corrected chi connectivity index (χ3v) is 4.05. The zero-order valence-corrected chi connectivity index (χ0v) is 9.24. The zero-order chi connectivity index (χ0) is 10.3. The number of hydrogen-bond acceptors (Lipinski definition) is 1. The van der Waals surface area contributed by atoms with Gasteiger partial charge in [0, 0.05) is 12.4 Å². The molecule has 2 aliphatic rings. The van der Waals surface area contributed by atoms with E-state index in [0.717, 1.165) is 11.8 Å². The molecule has 1 saturated carbocycles. The summed E-state index contributed by atoms with van der Waals surface area (Å²) in [5, 5.41) is 2.84. The Labute approximate surface area is 90.5 Å². The second-order valence-electron chi connectivity index (χ2n) is 4.89. The van der Waals surface area contributed by atoms with Crippen LogP contribution in [0.25, 0.3) is 11.6 Å². The van der Waals surface area contributed by atoms with Gasteiger partial charge in [-0.3, -0.25) is 4.98 Å². The zero-order valence-electron chi connectivity index (χ0n) is 9.24. The molecule has 1 aromatic heterocycles. The lowest BCUT2D eigenvalue weighted by Crippen LogP contribution is -2.36. The highest BCUT2D eigenvalue weighted by Gasteiger charge is 2.30. The molecule has 1 heterocycles. The lowest BCUT2D eigenvalue weighted by atomic mass is 9.68. The molecule has 0 amide bonds. The van der Waals surface area contributed by atoms with Gasteiger partial charge in [0.25, 0.3) is 0 Å². The van der Waals surface area contributed by atoms with E-state index in [2.05, 4.69) is 30.2 Å². The average molecular weight is 199 g/mol. The second kappa shape index (κ2) is 3.48. The first-order valence-electron chi connectivity index (χ1n) is 5.99. The molecule has 0 aliphatic heterocycles.